The zero-order chi connectivity index (χ0) is 16.5. The zero-order valence-corrected chi connectivity index (χ0v) is 14.3. The highest BCUT2D eigenvalue weighted by molar-refractivity contribution is 5.81. The first kappa shape index (κ1) is 15.8. The molecule has 2 N–H and O–H groups in total. The third-order valence-electron chi connectivity index (χ3n) is 8.37. The number of carbonyl (C=O) groups excluding carboxylic acids is 1. The molecule has 128 valence electrons. The van der Waals surface area contributed by atoms with Gasteiger partial charge in [0.15, 0.2) is 0 Å². The van der Waals surface area contributed by atoms with Crippen LogP contribution in [0, 0.1) is 34.0 Å². The molecule has 2 bridgehead atoms. The summed E-state index contributed by atoms with van der Waals surface area (Å²) in [5.41, 5.74) is 1.12. The van der Waals surface area contributed by atoms with Gasteiger partial charge in [-0.1, -0.05) is 19.1 Å². The molecule has 5 atom stereocenters. The van der Waals surface area contributed by atoms with Crippen LogP contribution < -0.4 is 0 Å². The van der Waals surface area contributed by atoms with Crippen molar-refractivity contribution in [3.8, 4) is 0 Å². The Morgan fingerprint density at radius 3 is 2.52 bits per heavy atom. The molecule has 0 aromatic heterocycles. The number of hydrogen-bond acceptors (Lipinski definition) is 3. The Labute approximate surface area is 139 Å². The van der Waals surface area contributed by atoms with Crippen molar-refractivity contribution in [2.24, 2.45) is 34.0 Å². The standard InChI is InChI=1S/C20H30O3/c1-13-7-19-6-5-17-18(2,16(19)4-3-14(13)8-19)9-15(23)10-20(17,11-21)12-22/h14,16-17,21-22H,1,3-12H2,2H3/t14-,16-,17-,18+,19-/m0/s1. The van der Waals surface area contributed by atoms with Gasteiger partial charge in [0.1, 0.15) is 5.78 Å². The van der Waals surface area contributed by atoms with Gasteiger partial charge < -0.3 is 10.2 Å². The summed E-state index contributed by atoms with van der Waals surface area (Å²) in [6.45, 7) is 6.50. The molecule has 3 heteroatoms. The van der Waals surface area contributed by atoms with Gasteiger partial charge in [0.2, 0.25) is 0 Å². The summed E-state index contributed by atoms with van der Waals surface area (Å²) in [6, 6.07) is 0. The molecule has 0 unspecified atom stereocenters. The number of aliphatic hydroxyl groups excluding tert-OH is 2. The van der Waals surface area contributed by atoms with Gasteiger partial charge in [-0.2, -0.15) is 0 Å². The Kier molecular flexibility index (Phi) is 3.39. The van der Waals surface area contributed by atoms with Crippen LogP contribution in [0.1, 0.15) is 58.3 Å². The summed E-state index contributed by atoms with van der Waals surface area (Å²) in [5, 5.41) is 20.1. The van der Waals surface area contributed by atoms with Gasteiger partial charge in [-0.25, -0.2) is 0 Å². The van der Waals surface area contributed by atoms with Crippen LogP contribution in [0.5, 0.6) is 0 Å². The number of allylic oxidation sites excluding steroid dienone is 1. The Hall–Kier alpha value is -0.670. The second-order valence-electron chi connectivity index (χ2n) is 9.40. The van der Waals surface area contributed by atoms with Gasteiger partial charge in [0.05, 0.1) is 13.2 Å². The normalized spacial score (nSPS) is 48.0. The van der Waals surface area contributed by atoms with Crippen LogP contribution in [0.3, 0.4) is 0 Å². The van der Waals surface area contributed by atoms with E-state index < -0.39 is 5.41 Å². The van der Waals surface area contributed by atoms with E-state index in [-0.39, 0.29) is 30.3 Å². The molecule has 0 aromatic carbocycles. The average Bonchev–Trinajstić information content (AvgIpc) is 2.74. The molecule has 4 fully saturated rings. The quantitative estimate of drug-likeness (QED) is 0.769. The maximum atomic E-state index is 12.6. The van der Waals surface area contributed by atoms with Gasteiger partial charge in [0, 0.05) is 18.3 Å². The van der Waals surface area contributed by atoms with E-state index in [9.17, 15) is 15.0 Å². The van der Waals surface area contributed by atoms with Gasteiger partial charge in [-0.05, 0) is 67.1 Å². The summed E-state index contributed by atoms with van der Waals surface area (Å²) < 4.78 is 0. The minimum absolute atomic E-state index is 0.0609. The van der Waals surface area contributed by atoms with Gasteiger partial charge in [-0.3, -0.25) is 4.79 Å². The molecule has 4 aliphatic carbocycles. The predicted molar refractivity (Wildman–Crippen MR) is 88.7 cm³/mol. The van der Waals surface area contributed by atoms with Crippen molar-refractivity contribution in [1.82, 2.24) is 0 Å². The summed E-state index contributed by atoms with van der Waals surface area (Å²) in [6.07, 6.45) is 8.04. The highest BCUT2D eigenvalue weighted by Gasteiger charge is 2.65. The van der Waals surface area contributed by atoms with Crippen LogP contribution in [-0.2, 0) is 4.79 Å². The van der Waals surface area contributed by atoms with E-state index in [0.717, 1.165) is 12.8 Å². The average molecular weight is 318 g/mol. The number of fused-ring (bicyclic) bond motifs is 3. The molecule has 0 amide bonds. The van der Waals surface area contributed by atoms with Gasteiger partial charge in [-0.15, -0.1) is 0 Å². The summed E-state index contributed by atoms with van der Waals surface area (Å²) in [4.78, 5) is 12.6. The van der Waals surface area contributed by atoms with Crippen LogP contribution in [0.25, 0.3) is 0 Å². The maximum Gasteiger partial charge on any atom is 0.134 e. The van der Waals surface area contributed by atoms with Crippen molar-refractivity contribution >= 4 is 5.78 Å². The first-order chi connectivity index (χ1) is 10.9. The van der Waals surface area contributed by atoms with Crippen molar-refractivity contribution in [2.75, 3.05) is 13.2 Å². The molecule has 4 aliphatic rings. The van der Waals surface area contributed by atoms with E-state index in [2.05, 4.69) is 13.5 Å². The number of carbonyl (C=O) groups is 1. The topological polar surface area (TPSA) is 57.5 Å². The molecule has 0 heterocycles. The summed E-state index contributed by atoms with van der Waals surface area (Å²) in [7, 11) is 0. The third-order valence-corrected chi connectivity index (χ3v) is 8.37. The van der Waals surface area contributed by atoms with E-state index in [1.54, 1.807) is 0 Å². The van der Waals surface area contributed by atoms with E-state index in [1.807, 2.05) is 0 Å². The molecular weight excluding hydrogens is 288 g/mol. The highest BCUT2D eigenvalue weighted by atomic mass is 16.3. The highest BCUT2D eigenvalue weighted by Crippen LogP contribution is 2.71. The second-order valence-corrected chi connectivity index (χ2v) is 9.40. The lowest BCUT2D eigenvalue weighted by atomic mass is 9.40. The molecule has 0 aromatic rings. The van der Waals surface area contributed by atoms with Gasteiger partial charge >= 0.3 is 0 Å². The molecule has 4 saturated carbocycles. The van der Waals surface area contributed by atoms with Crippen molar-refractivity contribution in [3.05, 3.63) is 12.2 Å². The lowest BCUT2D eigenvalue weighted by molar-refractivity contribution is -0.181. The fraction of sp³-hybridized carbons (Fsp3) is 0.850. The number of hydrogen-bond donors (Lipinski definition) is 2. The molecule has 1 spiro atoms. The van der Waals surface area contributed by atoms with E-state index in [4.69, 9.17) is 0 Å². The molecular formula is C20H30O3. The van der Waals surface area contributed by atoms with Crippen LogP contribution in [-0.4, -0.2) is 29.2 Å². The smallest absolute Gasteiger partial charge is 0.134 e. The first-order valence-electron chi connectivity index (χ1n) is 9.30. The molecule has 4 rings (SSSR count). The first-order valence-corrected chi connectivity index (χ1v) is 9.30. The number of ketones is 1. The molecule has 0 saturated heterocycles. The van der Waals surface area contributed by atoms with E-state index in [0.29, 0.717) is 30.1 Å². The molecule has 0 radical (unpaired) electrons. The van der Waals surface area contributed by atoms with Crippen molar-refractivity contribution in [1.29, 1.82) is 0 Å². The number of aliphatic hydroxyl groups is 2. The fourth-order valence-electron chi connectivity index (χ4n) is 7.59. The minimum Gasteiger partial charge on any atom is -0.396 e. The lowest BCUT2D eigenvalue weighted by Gasteiger charge is -2.63. The van der Waals surface area contributed by atoms with Crippen LogP contribution >= 0.6 is 0 Å². The Morgan fingerprint density at radius 1 is 1.09 bits per heavy atom. The summed E-state index contributed by atoms with van der Waals surface area (Å²) >= 11 is 0. The number of rotatable bonds is 2. The third kappa shape index (κ3) is 1.93. The minimum atomic E-state index is -0.599. The van der Waals surface area contributed by atoms with Gasteiger partial charge in [0.25, 0.3) is 0 Å². The van der Waals surface area contributed by atoms with Crippen molar-refractivity contribution in [3.63, 3.8) is 0 Å². The van der Waals surface area contributed by atoms with E-state index in [1.165, 1.54) is 31.3 Å². The van der Waals surface area contributed by atoms with Crippen LogP contribution in [0.4, 0.5) is 0 Å². The maximum absolute atomic E-state index is 12.6. The molecule has 0 aliphatic heterocycles. The fourth-order valence-corrected chi connectivity index (χ4v) is 7.59. The van der Waals surface area contributed by atoms with Crippen LogP contribution in [0.2, 0.25) is 0 Å². The number of Topliss-reactive ketones (excluding diaryl/α,β-unsaturated/α-hetero) is 1. The second kappa shape index (κ2) is 4.92. The largest absolute Gasteiger partial charge is 0.396 e. The van der Waals surface area contributed by atoms with Crippen molar-refractivity contribution < 1.29 is 15.0 Å². The van der Waals surface area contributed by atoms with Crippen LogP contribution in [0.15, 0.2) is 12.2 Å². The summed E-state index contributed by atoms with van der Waals surface area (Å²) in [5.74, 6) is 1.75. The lowest BCUT2D eigenvalue weighted by Crippen LogP contribution is -2.60. The molecule has 3 nitrogen and oxygen atoms in total. The Bertz CT molecular complexity index is 549. The molecule has 23 heavy (non-hydrogen) atoms. The van der Waals surface area contributed by atoms with E-state index >= 15 is 0 Å². The zero-order valence-electron chi connectivity index (χ0n) is 14.3. The predicted octanol–water partition coefficient (Wildman–Crippen LogP) is 3.10. The Morgan fingerprint density at radius 2 is 1.83 bits per heavy atom. The van der Waals surface area contributed by atoms with Crippen molar-refractivity contribution in [2.45, 2.75) is 58.3 Å². The SMILES string of the molecule is C=C1C[C@]23CC[C@@H]4C(CO)(CO)CC(=O)C[C@]4(C)[C@@H]2CC[C@H]1C3. The Balaban J connectivity index is 1.77. The monoisotopic (exact) mass is 318 g/mol.